The molecule has 4 rings (SSSR count). The largest absolute Gasteiger partial charge is 0.395 e. The normalized spacial score (nSPS) is 45.2. The van der Waals surface area contributed by atoms with E-state index in [1.54, 1.807) is 0 Å². The number of methoxy groups -OCH3 is 1. The van der Waals surface area contributed by atoms with Gasteiger partial charge in [0.1, 0.15) is 12.4 Å². The van der Waals surface area contributed by atoms with Crippen LogP contribution in [-0.4, -0.2) is 38.4 Å². The van der Waals surface area contributed by atoms with E-state index in [4.69, 9.17) is 15.3 Å². The highest BCUT2D eigenvalue weighted by atomic mass is 35.5. The van der Waals surface area contributed by atoms with E-state index in [1.165, 1.54) is 25.0 Å². The summed E-state index contributed by atoms with van der Waals surface area (Å²) in [4.78, 5) is 18.1. The van der Waals surface area contributed by atoms with Crippen molar-refractivity contribution in [2.24, 2.45) is 51.3 Å². The van der Waals surface area contributed by atoms with Crippen LogP contribution in [0, 0.1) is 40.4 Å². The minimum atomic E-state index is -0.0562. The summed E-state index contributed by atoms with van der Waals surface area (Å²) in [5.74, 6) is 3.68. The number of ether oxygens (including phenoxy) is 1. The molecular weight excluding hydrogens is 388 g/mol. The Kier molecular flexibility index (Phi) is 7.02. The number of rotatable bonds is 5. The maximum Gasteiger partial charge on any atom is 0.139 e. The third kappa shape index (κ3) is 3.76. The Morgan fingerprint density at radius 2 is 1.93 bits per heavy atom. The Bertz CT molecular complexity index is 642. The monoisotopic (exact) mass is 426 g/mol. The highest BCUT2D eigenvalue weighted by Crippen LogP contribution is 2.66. The van der Waals surface area contributed by atoms with Gasteiger partial charge < -0.3 is 15.3 Å². The van der Waals surface area contributed by atoms with Crippen molar-refractivity contribution in [2.45, 2.75) is 65.2 Å². The van der Waals surface area contributed by atoms with E-state index < -0.39 is 0 Å². The third-order valence-corrected chi connectivity index (χ3v) is 9.18. The summed E-state index contributed by atoms with van der Waals surface area (Å²) in [7, 11) is 1.83. The van der Waals surface area contributed by atoms with E-state index in [2.05, 4.69) is 19.0 Å². The van der Waals surface area contributed by atoms with Gasteiger partial charge in [0.05, 0.1) is 5.71 Å². The van der Waals surface area contributed by atoms with Crippen molar-refractivity contribution in [2.75, 3.05) is 26.9 Å². The van der Waals surface area contributed by atoms with Crippen LogP contribution in [0.3, 0.4) is 0 Å². The van der Waals surface area contributed by atoms with Crippen LogP contribution >= 0.6 is 12.4 Å². The van der Waals surface area contributed by atoms with E-state index in [9.17, 15) is 4.79 Å². The van der Waals surface area contributed by atoms with Crippen LogP contribution < -0.4 is 5.73 Å². The summed E-state index contributed by atoms with van der Waals surface area (Å²) in [6.45, 7) is 6.62. The van der Waals surface area contributed by atoms with Gasteiger partial charge in [-0.3, -0.25) is 4.79 Å². The van der Waals surface area contributed by atoms with Crippen molar-refractivity contribution in [1.29, 1.82) is 0 Å². The first-order valence-corrected chi connectivity index (χ1v) is 11.3. The average molecular weight is 427 g/mol. The first kappa shape index (κ1) is 23.0. The lowest BCUT2D eigenvalue weighted by Crippen LogP contribution is -2.57. The highest BCUT2D eigenvalue weighted by Gasteiger charge is 2.61. The van der Waals surface area contributed by atoms with Gasteiger partial charge in [0.25, 0.3) is 0 Å². The lowest BCUT2D eigenvalue weighted by atomic mass is 9.43. The molecule has 4 aliphatic carbocycles. The first-order chi connectivity index (χ1) is 13.4. The number of hydrogen-bond donors (Lipinski definition) is 1. The van der Waals surface area contributed by atoms with E-state index in [-0.39, 0.29) is 17.8 Å². The van der Waals surface area contributed by atoms with Crippen molar-refractivity contribution in [1.82, 2.24) is 0 Å². The number of nitrogens with zero attached hydrogens (tertiary/aromatic N) is 1. The molecule has 4 aliphatic rings. The second-order valence-electron chi connectivity index (χ2n) is 10.3. The Morgan fingerprint density at radius 3 is 2.66 bits per heavy atom. The summed E-state index contributed by atoms with van der Waals surface area (Å²) in [5, 5.41) is 4.42. The van der Waals surface area contributed by atoms with E-state index in [1.807, 2.05) is 7.11 Å². The summed E-state index contributed by atoms with van der Waals surface area (Å²) >= 11 is 0. The SMILES string of the molecule is COC[C@@H]1C[C@@H]2[C@H](CC[C@]3(C)C(=O)CC[C@@H]23)[C@@]2(C)CCC(=NOCCN)CC12.Cl. The van der Waals surface area contributed by atoms with Crippen LogP contribution in [-0.2, 0) is 14.4 Å². The zero-order valence-corrected chi connectivity index (χ0v) is 19.1. The van der Waals surface area contributed by atoms with Crippen LogP contribution in [0.15, 0.2) is 5.16 Å². The van der Waals surface area contributed by atoms with E-state index in [0.29, 0.717) is 48.0 Å². The highest BCUT2D eigenvalue weighted by molar-refractivity contribution is 5.87. The van der Waals surface area contributed by atoms with Crippen molar-refractivity contribution in [3.63, 3.8) is 0 Å². The molecule has 0 heterocycles. The molecule has 0 aromatic carbocycles. The molecule has 0 radical (unpaired) electrons. The van der Waals surface area contributed by atoms with Gasteiger partial charge in [0, 0.05) is 32.1 Å². The fourth-order valence-corrected chi connectivity index (χ4v) is 7.74. The van der Waals surface area contributed by atoms with Crippen molar-refractivity contribution in [3.05, 3.63) is 0 Å². The van der Waals surface area contributed by atoms with Gasteiger partial charge in [-0.25, -0.2) is 0 Å². The predicted molar refractivity (Wildman–Crippen MR) is 117 cm³/mol. The zero-order valence-electron chi connectivity index (χ0n) is 18.3. The van der Waals surface area contributed by atoms with Gasteiger partial charge in [-0.1, -0.05) is 19.0 Å². The summed E-state index contributed by atoms with van der Waals surface area (Å²) < 4.78 is 5.69. The topological polar surface area (TPSA) is 73.9 Å². The van der Waals surface area contributed by atoms with Crippen LogP contribution in [0.2, 0.25) is 0 Å². The molecule has 0 saturated heterocycles. The quantitative estimate of drug-likeness (QED) is 0.527. The lowest BCUT2D eigenvalue weighted by molar-refractivity contribution is -0.145. The van der Waals surface area contributed by atoms with Gasteiger partial charge in [-0.2, -0.15) is 0 Å². The third-order valence-electron chi connectivity index (χ3n) is 9.18. The molecule has 4 fully saturated rings. The molecule has 0 aromatic heterocycles. The maximum absolute atomic E-state index is 12.7. The molecule has 2 N–H and O–H groups in total. The second kappa shape index (κ2) is 8.84. The summed E-state index contributed by atoms with van der Waals surface area (Å²) in [6, 6.07) is 0. The van der Waals surface area contributed by atoms with Crippen molar-refractivity contribution in [3.8, 4) is 0 Å². The number of Topliss-reactive ketones (excluding diaryl/α,β-unsaturated/α-hetero) is 1. The number of carbonyl (C=O) groups excluding carboxylic acids is 1. The number of carbonyl (C=O) groups is 1. The molecule has 0 bridgehead atoms. The van der Waals surface area contributed by atoms with Crippen LogP contribution in [0.5, 0.6) is 0 Å². The Hall–Kier alpha value is -0.650. The molecule has 1 unspecified atom stereocenters. The van der Waals surface area contributed by atoms with Gasteiger partial charge in [0.2, 0.25) is 0 Å². The molecule has 7 atom stereocenters. The number of nitrogens with two attached hydrogens (primary N) is 1. The number of halogens is 1. The van der Waals surface area contributed by atoms with Gasteiger partial charge in [0.15, 0.2) is 0 Å². The number of fused-ring (bicyclic) bond motifs is 5. The lowest BCUT2D eigenvalue weighted by Gasteiger charge is -2.61. The van der Waals surface area contributed by atoms with Gasteiger partial charge >= 0.3 is 0 Å². The molecule has 0 aliphatic heterocycles. The smallest absolute Gasteiger partial charge is 0.139 e. The number of oxime groups is 1. The minimum Gasteiger partial charge on any atom is -0.395 e. The van der Waals surface area contributed by atoms with Crippen molar-refractivity contribution < 1.29 is 14.4 Å². The second-order valence-corrected chi connectivity index (χ2v) is 10.3. The Labute approximate surface area is 181 Å². The molecule has 0 spiro atoms. The Balaban J connectivity index is 0.00000240. The average Bonchev–Trinajstić information content (AvgIpc) is 2.98. The minimum absolute atomic E-state index is 0. The van der Waals surface area contributed by atoms with E-state index >= 15 is 0 Å². The predicted octanol–water partition coefficient (Wildman–Crippen LogP) is 4.22. The van der Waals surface area contributed by atoms with Gasteiger partial charge in [-0.15, -0.1) is 12.4 Å². The van der Waals surface area contributed by atoms with Crippen molar-refractivity contribution >= 4 is 23.9 Å². The maximum atomic E-state index is 12.7. The molecule has 0 amide bonds. The van der Waals surface area contributed by atoms with Crippen LogP contribution in [0.4, 0.5) is 0 Å². The molecule has 5 nitrogen and oxygen atoms in total. The molecule has 4 saturated carbocycles. The molecule has 166 valence electrons. The summed E-state index contributed by atoms with van der Waals surface area (Å²) in [5.41, 5.74) is 7.00. The standard InChI is InChI=1S/C23H38N2O3.ClH/c1-22-8-6-16(25-28-11-10-24)13-20(22)15(14-27-3)12-17-18-4-5-21(26)23(18,2)9-7-19(17)22;/h15,17-20H,4-14,24H2,1-3H3;1H/t15-,17-,18-,19-,20?,22+,23-;/m0./s1. The fraction of sp³-hybridized carbons (Fsp3) is 0.913. The van der Waals surface area contributed by atoms with Gasteiger partial charge in [-0.05, 0) is 80.0 Å². The number of ketones is 1. The zero-order chi connectivity index (χ0) is 19.9. The van der Waals surface area contributed by atoms with Crippen LogP contribution in [0.25, 0.3) is 0 Å². The molecule has 29 heavy (non-hydrogen) atoms. The Morgan fingerprint density at radius 1 is 1.14 bits per heavy atom. The summed E-state index contributed by atoms with van der Waals surface area (Å²) in [6.07, 6.45) is 8.66. The first-order valence-electron chi connectivity index (χ1n) is 11.3. The fourth-order valence-electron chi connectivity index (χ4n) is 7.74. The molecule has 0 aromatic rings. The molecular formula is C23H39ClN2O3. The number of hydrogen-bond acceptors (Lipinski definition) is 5. The molecule has 6 heteroatoms. The van der Waals surface area contributed by atoms with Crippen LogP contribution in [0.1, 0.15) is 65.2 Å². The van der Waals surface area contributed by atoms with E-state index in [0.717, 1.165) is 44.6 Å².